The summed E-state index contributed by atoms with van der Waals surface area (Å²) < 4.78 is 46.0. The van der Waals surface area contributed by atoms with Gasteiger partial charge in [-0.15, -0.1) is 13.2 Å². The Kier molecular flexibility index (Phi) is 5.71. The van der Waals surface area contributed by atoms with Crippen molar-refractivity contribution >= 4 is 28.6 Å². The van der Waals surface area contributed by atoms with Gasteiger partial charge in [-0.25, -0.2) is 0 Å². The fourth-order valence-corrected chi connectivity index (χ4v) is 2.89. The predicted molar refractivity (Wildman–Crippen MR) is 92.1 cm³/mol. The zero-order chi connectivity index (χ0) is 18.0. The highest BCUT2D eigenvalue weighted by Gasteiger charge is 2.43. The third-order valence-corrected chi connectivity index (χ3v) is 5.61. The molecule has 0 saturated heterocycles. The van der Waals surface area contributed by atoms with Gasteiger partial charge >= 0.3 is 12.3 Å². The quantitative estimate of drug-likeness (QED) is 0.334. The Morgan fingerprint density at radius 2 is 1.75 bits per heavy atom. The van der Waals surface area contributed by atoms with Gasteiger partial charge < -0.3 is 9.47 Å². The first-order valence-electron chi connectivity index (χ1n) is 7.87. The third kappa shape index (κ3) is 4.55. The number of hydrogen-bond donors (Lipinski definition) is 0. The Morgan fingerprint density at radius 3 is 2.21 bits per heavy atom. The lowest BCUT2D eigenvalue weighted by atomic mass is 9.91. The van der Waals surface area contributed by atoms with Crippen molar-refractivity contribution in [3.05, 3.63) is 29.8 Å². The molecule has 3 nitrogen and oxygen atoms in total. The zero-order valence-corrected chi connectivity index (χ0v) is 15.7. The van der Waals surface area contributed by atoms with Crippen LogP contribution in [0.3, 0.4) is 0 Å². The lowest BCUT2D eigenvalue weighted by molar-refractivity contribution is -0.274. The Labute approximate surface area is 153 Å². The molecular formula is C17H20F3IO3. The summed E-state index contributed by atoms with van der Waals surface area (Å²) in [6.45, 7) is 3.73. The third-order valence-electron chi connectivity index (χ3n) is 4.40. The van der Waals surface area contributed by atoms with E-state index in [1.54, 1.807) is 12.1 Å². The summed E-state index contributed by atoms with van der Waals surface area (Å²) in [5.41, 5.74) is -0.0405. The van der Waals surface area contributed by atoms with Gasteiger partial charge in [0.05, 0.1) is 0 Å². The number of halogens is 4. The van der Waals surface area contributed by atoms with E-state index in [1.807, 2.05) is 13.8 Å². The Bertz CT molecular complexity index is 576. The molecule has 0 radical (unpaired) electrons. The van der Waals surface area contributed by atoms with E-state index in [2.05, 4.69) is 27.3 Å². The van der Waals surface area contributed by atoms with Gasteiger partial charge in [-0.1, -0.05) is 41.6 Å². The highest BCUT2D eigenvalue weighted by molar-refractivity contribution is 14.1. The largest absolute Gasteiger partial charge is 0.573 e. The molecule has 134 valence electrons. The van der Waals surface area contributed by atoms with Crippen molar-refractivity contribution in [3.63, 3.8) is 0 Å². The summed E-state index contributed by atoms with van der Waals surface area (Å²) in [5.74, 6) is -0.568. The van der Waals surface area contributed by atoms with E-state index in [9.17, 15) is 18.0 Å². The van der Waals surface area contributed by atoms with E-state index in [4.69, 9.17) is 4.74 Å². The van der Waals surface area contributed by atoms with Gasteiger partial charge in [0, 0.05) is 0 Å². The maximum absolute atomic E-state index is 12.5. The number of rotatable bonds is 5. The van der Waals surface area contributed by atoms with Crippen LogP contribution in [0.5, 0.6) is 5.75 Å². The van der Waals surface area contributed by atoms with Crippen LogP contribution in [-0.2, 0) is 15.1 Å². The van der Waals surface area contributed by atoms with E-state index in [-0.39, 0.29) is 11.7 Å². The van der Waals surface area contributed by atoms with Crippen molar-refractivity contribution in [1.29, 1.82) is 0 Å². The Balaban J connectivity index is 2.23. The second-order valence-electron chi connectivity index (χ2n) is 6.21. The highest BCUT2D eigenvalue weighted by atomic mass is 127. The number of carbonyl (C=O) groups excluding carboxylic acids is 1. The summed E-state index contributed by atoms with van der Waals surface area (Å²) in [6, 6.07) is 5.63. The van der Waals surface area contributed by atoms with Gasteiger partial charge in [0.1, 0.15) is 14.8 Å². The van der Waals surface area contributed by atoms with Crippen LogP contribution in [0.15, 0.2) is 24.3 Å². The molecule has 0 aliphatic heterocycles. The molecule has 1 unspecified atom stereocenters. The maximum Gasteiger partial charge on any atom is 0.573 e. The molecule has 0 aromatic heterocycles. The molecule has 1 aliphatic carbocycles. The van der Waals surface area contributed by atoms with Crippen molar-refractivity contribution in [2.24, 2.45) is 0 Å². The summed E-state index contributed by atoms with van der Waals surface area (Å²) in [5, 5.41) is 0. The lowest BCUT2D eigenvalue weighted by Crippen LogP contribution is -2.38. The van der Waals surface area contributed by atoms with Gasteiger partial charge in [0.2, 0.25) is 0 Å². The molecule has 0 N–H and O–H groups in total. The molecule has 0 bridgehead atoms. The van der Waals surface area contributed by atoms with Crippen molar-refractivity contribution < 1.29 is 27.4 Å². The number of alkyl halides is 4. The molecule has 2 rings (SSSR count). The van der Waals surface area contributed by atoms with E-state index in [0.29, 0.717) is 24.8 Å². The van der Waals surface area contributed by atoms with Crippen LogP contribution in [0.2, 0.25) is 0 Å². The van der Waals surface area contributed by atoms with Gasteiger partial charge in [0.15, 0.2) is 0 Å². The molecule has 24 heavy (non-hydrogen) atoms. The summed E-state index contributed by atoms with van der Waals surface area (Å²) >= 11 is 2.08. The molecule has 0 amide bonds. The number of benzene rings is 1. The van der Waals surface area contributed by atoms with E-state index in [0.717, 1.165) is 12.8 Å². The van der Waals surface area contributed by atoms with Gasteiger partial charge in [-0.05, 0) is 56.7 Å². The van der Waals surface area contributed by atoms with E-state index >= 15 is 0 Å². The molecular weight excluding hydrogens is 436 g/mol. The molecule has 0 spiro atoms. The summed E-state index contributed by atoms with van der Waals surface area (Å²) in [7, 11) is 0. The monoisotopic (exact) mass is 456 g/mol. The second kappa shape index (κ2) is 7.09. The van der Waals surface area contributed by atoms with Crippen LogP contribution < -0.4 is 4.74 Å². The molecule has 1 aliphatic rings. The van der Waals surface area contributed by atoms with Crippen LogP contribution >= 0.6 is 22.6 Å². The predicted octanol–water partition coefficient (Wildman–Crippen LogP) is 5.50. The first kappa shape index (κ1) is 19.3. The normalized spacial score (nSPS) is 19.6. The highest BCUT2D eigenvalue weighted by Crippen LogP contribution is 2.44. The minimum Gasteiger partial charge on any atom is -0.453 e. The zero-order valence-electron chi connectivity index (χ0n) is 13.6. The van der Waals surface area contributed by atoms with Crippen LogP contribution in [0.25, 0.3) is 0 Å². The van der Waals surface area contributed by atoms with Gasteiger partial charge in [-0.3, -0.25) is 4.79 Å². The molecule has 0 heterocycles. The fourth-order valence-electron chi connectivity index (χ4n) is 2.78. The van der Waals surface area contributed by atoms with E-state index in [1.165, 1.54) is 12.1 Å². The molecule has 7 heteroatoms. The van der Waals surface area contributed by atoms with Crippen molar-refractivity contribution in [3.8, 4) is 5.75 Å². The van der Waals surface area contributed by atoms with Gasteiger partial charge in [-0.2, -0.15) is 0 Å². The fraction of sp³-hybridized carbons (Fsp3) is 0.588. The molecule has 1 aromatic rings. The number of esters is 1. The minimum absolute atomic E-state index is 0.280. The molecule has 1 atom stereocenters. The molecule has 1 fully saturated rings. The number of ether oxygens (including phenoxy) is 2. The van der Waals surface area contributed by atoms with E-state index < -0.39 is 15.4 Å². The first-order valence-corrected chi connectivity index (χ1v) is 8.94. The lowest BCUT2D eigenvalue weighted by Gasteiger charge is -2.33. The molecule has 1 saturated carbocycles. The maximum atomic E-state index is 12.5. The van der Waals surface area contributed by atoms with Crippen LogP contribution in [-0.4, -0.2) is 15.8 Å². The number of hydrogen-bond acceptors (Lipinski definition) is 3. The van der Waals surface area contributed by atoms with Crippen molar-refractivity contribution in [2.75, 3.05) is 0 Å². The summed E-state index contributed by atoms with van der Waals surface area (Å²) in [4.78, 5) is 12.5. The average molecular weight is 456 g/mol. The summed E-state index contributed by atoms with van der Waals surface area (Å²) in [6.07, 6.45) is -0.899. The Morgan fingerprint density at radius 1 is 1.21 bits per heavy atom. The van der Waals surface area contributed by atoms with Crippen LogP contribution in [0, 0.1) is 0 Å². The van der Waals surface area contributed by atoms with Crippen LogP contribution in [0.4, 0.5) is 13.2 Å². The molecule has 1 aromatic carbocycles. The number of carbonyl (C=O) groups is 1. The SMILES string of the molecule is CCC(C)(I)C(=O)OC1(c2ccc(OC(F)(F)F)cc2)CCCC1. The standard InChI is InChI=1S/C17H20F3IO3/c1-3-15(2,21)14(22)24-16(10-4-5-11-16)12-6-8-13(9-7-12)23-17(18,19)20/h6-9H,3-5,10-11H2,1-2H3. The topological polar surface area (TPSA) is 35.5 Å². The Hall–Kier alpha value is -0.990. The second-order valence-corrected chi connectivity index (χ2v) is 8.59. The minimum atomic E-state index is -4.72. The smallest absolute Gasteiger partial charge is 0.453 e. The first-order chi connectivity index (χ1) is 11.1. The van der Waals surface area contributed by atoms with Crippen LogP contribution in [0.1, 0.15) is 51.5 Å². The van der Waals surface area contributed by atoms with Crippen molar-refractivity contribution in [1.82, 2.24) is 0 Å². The average Bonchev–Trinajstić information content (AvgIpc) is 2.96. The van der Waals surface area contributed by atoms with Gasteiger partial charge in [0.25, 0.3) is 0 Å². The van der Waals surface area contributed by atoms with Crippen molar-refractivity contribution in [2.45, 2.75) is 61.3 Å².